The van der Waals surface area contributed by atoms with Gasteiger partial charge in [-0.1, -0.05) is 60.7 Å². The van der Waals surface area contributed by atoms with E-state index < -0.39 is 57.0 Å². The molecule has 0 saturated carbocycles. The maximum atomic E-state index is 14.6. The number of nitrogens with zero attached hydrogens (tertiary/aromatic N) is 1. The average molecular weight is 516 g/mol. The first-order valence-corrected chi connectivity index (χ1v) is 11.7. The second-order valence-corrected chi connectivity index (χ2v) is 9.07. The van der Waals surface area contributed by atoms with E-state index in [4.69, 9.17) is 0 Å². The Hall–Kier alpha value is -3.72. The van der Waals surface area contributed by atoms with Crippen molar-refractivity contribution in [3.8, 4) is 0 Å². The van der Waals surface area contributed by atoms with Crippen LogP contribution in [0.15, 0.2) is 85.2 Å². The number of benzene rings is 3. The van der Waals surface area contributed by atoms with Gasteiger partial charge in [0.1, 0.15) is 0 Å². The normalized spacial score (nSPS) is 12.4. The molecule has 1 aromatic heterocycles. The molecule has 0 fully saturated rings. The van der Waals surface area contributed by atoms with Crippen molar-refractivity contribution >= 4 is 17.7 Å². The standard InChI is InChI=1S/C27H18F5NO2S/c28-21-20(22(29)24(31)25(32)23(21)30)19(26(34)35)15-36-27(16-7-3-1-4-8-16,17-9-5-2-6-10-17)18-11-13-33-14-12-18/h1-14,19H,15H2,(H,34,35)/t19-/m0/s1. The fourth-order valence-electron chi connectivity index (χ4n) is 4.10. The number of aromatic nitrogens is 1. The van der Waals surface area contributed by atoms with Crippen molar-refractivity contribution in [1.29, 1.82) is 0 Å². The highest BCUT2D eigenvalue weighted by Crippen LogP contribution is 2.50. The molecule has 0 amide bonds. The second kappa shape index (κ2) is 10.5. The molecular weight excluding hydrogens is 497 g/mol. The molecule has 0 aliphatic heterocycles. The Balaban J connectivity index is 1.90. The van der Waals surface area contributed by atoms with E-state index in [2.05, 4.69) is 4.98 Å². The van der Waals surface area contributed by atoms with Crippen LogP contribution in [-0.4, -0.2) is 21.8 Å². The fraction of sp³-hybridized carbons (Fsp3) is 0.111. The zero-order valence-electron chi connectivity index (χ0n) is 18.5. The van der Waals surface area contributed by atoms with E-state index in [1.807, 2.05) is 24.3 Å². The molecule has 1 atom stereocenters. The number of carboxylic acids is 1. The number of carbonyl (C=O) groups is 1. The van der Waals surface area contributed by atoms with Crippen LogP contribution in [0, 0.1) is 29.1 Å². The predicted octanol–water partition coefficient (Wildman–Crippen LogP) is 6.67. The van der Waals surface area contributed by atoms with Crippen molar-refractivity contribution in [2.45, 2.75) is 10.7 Å². The number of aliphatic carboxylic acids is 1. The van der Waals surface area contributed by atoms with E-state index in [0.717, 1.165) is 11.8 Å². The van der Waals surface area contributed by atoms with Crippen LogP contribution < -0.4 is 0 Å². The lowest BCUT2D eigenvalue weighted by Gasteiger charge is -2.36. The summed E-state index contributed by atoms with van der Waals surface area (Å²) < 4.78 is 69.6. The molecule has 4 rings (SSSR count). The Morgan fingerprint density at radius 3 is 1.58 bits per heavy atom. The van der Waals surface area contributed by atoms with Crippen LogP contribution >= 0.6 is 11.8 Å². The molecule has 3 aromatic carbocycles. The maximum absolute atomic E-state index is 14.6. The molecular formula is C27H18F5NO2S. The summed E-state index contributed by atoms with van der Waals surface area (Å²) in [5.74, 6) is -15.3. The molecule has 36 heavy (non-hydrogen) atoms. The monoisotopic (exact) mass is 515 g/mol. The molecule has 0 radical (unpaired) electrons. The third-order valence-corrected chi connectivity index (χ3v) is 7.44. The first kappa shape index (κ1) is 25.4. The van der Waals surface area contributed by atoms with Gasteiger partial charge >= 0.3 is 5.97 Å². The van der Waals surface area contributed by atoms with Crippen molar-refractivity contribution in [1.82, 2.24) is 4.98 Å². The Kier molecular flexibility index (Phi) is 7.40. The molecule has 4 aromatic rings. The van der Waals surface area contributed by atoms with E-state index in [0.29, 0.717) is 16.7 Å². The van der Waals surface area contributed by atoms with Crippen molar-refractivity contribution in [3.05, 3.63) is 137 Å². The number of carboxylic acid groups (broad SMARTS) is 1. The van der Waals surface area contributed by atoms with Gasteiger partial charge in [0.25, 0.3) is 0 Å². The molecule has 1 heterocycles. The first-order chi connectivity index (χ1) is 17.3. The van der Waals surface area contributed by atoms with Gasteiger partial charge in [-0.2, -0.15) is 0 Å². The van der Waals surface area contributed by atoms with Gasteiger partial charge in [-0.25, -0.2) is 22.0 Å². The SMILES string of the molecule is O=C(O)[C@@H](CSC(c1ccccc1)(c1ccccc1)c1ccncc1)c1c(F)c(F)c(F)c(F)c1F. The van der Waals surface area contributed by atoms with Crippen LogP contribution in [0.3, 0.4) is 0 Å². The van der Waals surface area contributed by atoms with E-state index >= 15 is 0 Å². The van der Waals surface area contributed by atoms with Gasteiger partial charge in [0, 0.05) is 23.7 Å². The van der Waals surface area contributed by atoms with E-state index in [-0.39, 0.29) is 0 Å². The Bertz CT molecular complexity index is 1250. The second-order valence-electron chi connectivity index (χ2n) is 7.83. The van der Waals surface area contributed by atoms with E-state index in [1.165, 1.54) is 0 Å². The van der Waals surface area contributed by atoms with Gasteiger partial charge in [0.15, 0.2) is 23.3 Å². The van der Waals surface area contributed by atoms with Crippen LogP contribution in [-0.2, 0) is 9.54 Å². The van der Waals surface area contributed by atoms with Crippen molar-refractivity contribution in [2.75, 3.05) is 5.75 Å². The molecule has 0 bridgehead atoms. The number of hydrogen-bond donors (Lipinski definition) is 1. The number of pyridine rings is 1. The fourth-order valence-corrected chi connectivity index (χ4v) is 5.73. The minimum absolute atomic E-state index is 0.514. The predicted molar refractivity (Wildman–Crippen MR) is 126 cm³/mol. The molecule has 184 valence electrons. The summed E-state index contributed by atoms with van der Waals surface area (Å²) in [6.07, 6.45) is 3.10. The largest absolute Gasteiger partial charge is 0.481 e. The molecule has 0 saturated heterocycles. The third kappa shape index (κ3) is 4.46. The highest BCUT2D eigenvalue weighted by atomic mass is 32.2. The number of hydrogen-bond acceptors (Lipinski definition) is 3. The van der Waals surface area contributed by atoms with Gasteiger partial charge < -0.3 is 5.11 Å². The van der Waals surface area contributed by atoms with Crippen LogP contribution in [0.4, 0.5) is 22.0 Å². The van der Waals surface area contributed by atoms with E-state index in [1.54, 1.807) is 60.9 Å². The topological polar surface area (TPSA) is 50.2 Å². The lowest BCUT2D eigenvalue weighted by atomic mass is 9.84. The lowest BCUT2D eigenvalue weighted by Crippen LogP contribution is -2.29. The van der Waals surface area contributed by atoms with E-state index in [9.17, 15) is 31.9 Å². The lowest BCUT2D eigenvalue weighted by molar-refractivity contribution is -0.138. The molecule has 0 spiro atoms. The van der Waals surface area contributed by atoms with Crippen LogP contribution in [0.2, 0.25) is 0 Å². The summed E-state index contributed by atoms with van der Waals surface area (Å²) in [4.78, 5) is 16.2. The summed E-state index contributed by atoms with van der Waals surface area (Å²) in [6, 6.07) is 21.4. The maximum Gasteiger partial charge on any atom is 0.312 e. The zero-order valence-corrected chi connectivity index (χ0v) is 19.3. The summed E-state index contributed by atoms with van der Waals surface area (Å²) in [6.45, 7) is 0. The summed E-state index contributed by atoms with van der Waals surface area (Å²) in [5.41, 5.74) is 0.737. The van der Waals surface area contributed by atoms with Gasteiger partial charge in [0.2, 0.25) is 5.82 Å². The van der Waals surface area contributed by atoms with Gasteiger partial charge in [-0.3, -0.25) is 9.78 Å². The summed E-state index contributed by atoms with van der Waals surface area (Å²) in [5, 5.41) is 9.84. The molecule has 0 aliphatic carbocycles. The molecule has 0 aliphatic rings. The van der Waals surface area contributed by atoms with Crippen LogP contribution in [0.25, 0.3) is 0 Å². The van der Waals surface area contributed by atoms with Crippen LogP contribution in [0.5, 0.6) is 0 Å². The average Bonchev–Trinajstić information content (AvgIpc) is 2.91. The minimum atomic E-state index is -2.34. The smallest absolute Gasteiger partial charge is 0.312 e. The highest BCUT2D eigenvalue weighted by Gasteiger charge is 2.41. The van der Waals surface area contributed by atoms with Crippen molar-refractivity contribution in [2.24, 2.45) is 0 Å². The summed E-state index contributed by atoms with van der Waals surface area (Å²) >= 11 is 1.01. The molecule has 9 heteroatoms. The molecule has 3 nitrogen and oxygen atoms in total. The van der Waals surface area contributed by atoms with Gasteiger partial charge in [0.05, 0.1) is 10.7 Å². The zero-order chi connectivity index (χ0) is 25.9. The third-order valence-electron chi connectivity index (χ3n) is 5.80. The molecule has 0 unspecified atom stereocenters. The highest BCUT2D eigenvalue weighted by molar-refractivity contribution is 8.00. The Morgan fingerprint density at radius 1 is 0.722 bits per heavy atom. The minimum Gasteiger partial charge on any atom is -0.481 e. The Morgan fingerprint density at radius 2 is 1.14 bits per heavy atom. The first-order valence-electron chi connectivity index (χ1n) is 10.7. The van der Waals surface area contributed by atoms with Crippen LogP contribution in [0.1, 0.15) is 28.2 Å². The van der Waals surface area contributed by atoms with Gasteiger partial charge in [-0.15, -0.1) is 11.8 Å². The summed E-state index contributed by atoms with van der Waals surface area (Å²) in [7, 11) is 0. The number of rotatable bonds is 8. The molecule has 1 N–H and O–H groups in total. The number of halogens is 5. The van der Waals surface area contributed by atoms with Crippen molar-refractivity contribution in [3.63, 3.8) is 0 Å². The van der Waals surface area contributed by atoms with Crippen molar-refractivity contribution < 1.29 is 31.9 Å². The van der Waals surface area contributed by atoms with Gasteiger partial charge in [-0.05, 0) is 28.8 Å². The quantitative estimate of drug-likeness (QED) is 0.162. The Labute approximate surface area is 207 Å². The number of thioether (sulfide) groups is 1.